The smallest absolute Gasteiger partial charge is 0.281 e. The molecule has 2 aromatic carbocycles. The zero-order valence-corrected chi connectivity index (χ0v) is 13.6. The van der Waals surface area contributed by atoms with Crippen molar-refractivity contribution < 1.29 is 36.9 Å². The minimum atomic E-state index is -5.20. The van der Waals surface area contributed by atoms with Crippen molar-refractivity contribution in [2.24, 2.45) is 0 Å². The summed E-state index contributed by atoms with van der Waals surface area (Å²) in [5, 5.41) is 19.2. The second kappa shape index (κ2) is 6.00. The maximum absolute atomic E-state index is 14.4. The fourth-order valence-electron chi connectivity index (χ4n) is 2.65. The fourth-order valence-corrected chi connectivity index (χ4v) is 3.38. The van der Waals surface area contributed by atoms with Gasteiger partial charge in [-0.1, -0.05) is 0 Å². The van der Waals surface area contributed by atoms with Crippen LogP contribution in [-0.2, 0) is 16.3 Å². The first-order valence-electron chi connectivity index (χ1n) is 9.02. The van der Waals surface area contributed by atoms with Crippen molar-refractivity contribution in [1.29, 1.82) is 5.26 Å². The molecule has 9 heteroatoms. The summed E-state index contributed by atoms with van der Waals surface area (Å²) in [4.78, 5) is -1.15. The molecule has 1 unspecified atom stereocenters. The first kappa shape index (κ1) is 13.6. The molecule has 0 amide bonds. The molecule has 136 valence electrons. The van der Waals surface area contributed by atoms with Crippen molar-refractivity contribution in [2.45, 2.75) is 23.3 Å². The Bertz CT molecular complexity index is 1190. The Labute approximate surface area is 152 Å². The number of nitrogens with zero attached hydrogens (tertiary/aromatic N) is 1. The van der Waals surface area contributed by atoms with E-state index in [4.69, 9.17) is 15.5 Å². The molecule has 0 aromatic heterocycles. The van der Waals surface area contributed by atoms with Gasteiger partial charge in [-0.15, -0.1) is 0 Å². The average molecular weight is 387 g/mol. The van der Waals surface area contributed by atoms with E-state index in [0.717, 1.165) is 24.3 Å². The number of hydrogen-bond acceptors (Lipinski definition) is 5. The highest BCUT2D eigenvalue weighted by Crippen LogP contribution is 2.49. The molecule has 26 heavy (non-hydrogen) atoms. The van der Waals surface area contributed by atoms with Gasteiger partial charge in [-0.3, -0.25) is 0 Å². The van der Waals surface area contributed by atoms with E-state index in [1.165, 1.54) is 0 Å². The summed E-state index contributed by atoms with van der Waals surface area (Å²) < 4.78 is 101. The molecule has 0 saturated carbocycles. The predicted molar refractivity (Wildman–Crippen MR) is 84.4 cm³/mol. The van der Waals surface area contributed by atoms with Crippen LogP contribution in [0.15, 0.2) is 35.2 Å². The number of rotatable bonds is 3. The lowest BCUT2D eigenvalue weighted by Gasteiger charge is -2.16. The Kier molecular flexibility index (Phi) is 3.14. The lowest BCUT2D eigenvalue weighted by molar-refractivity contribution is -0.0976. The number of alkyl halides is 2. The third kappa shape index (κ3) is 3.02. The Morgan fingerprint density at radius 2 is 2.08 bits per heavy atom. The van der Waals surface area contributed by atoms with Crippen LogP contribution >= 0.6 is 0 Å². The molecular formula is C17H12F3NO4S. The highest BCUT2D eigenvalue weighted by Gasteiger charge is 2.50. The van der Waals surface area contributed by atoms with E-state index in [9.17, 15) is 26.7 Å². The van der Waals surface area contributed by atoms with Gasteiger partial charge in [0.25, 0.3) is 5.92 Å². The second-order valence-corrected chi connectivity index (χ2v) is 6.95. The number of hydrogen-bond donors (Lipinski definition) is 1. The standard InChI is InChI=1S/C17H12F3NO4S/c1-26(23,24)14-5-4-13(11-7-17(19,20)16(22)15(11)14)25-12-3-2-10(18)6-9(12)8-21/h2-6,16,22H,7H2,1H3/i1D3,16D. The van der Waals surface area contributed by atoms with Gasteiger partial charge in [-0.2, -0.15) is 5.26 Å². The monoisotopic (exact) mass is 387 g/mol. The zero-order chi connectivity index (χ0) is 22.7. The molecule has 0 fully saturated rings. The molecule has 0 spiro atoms. The Balaban J connectivity index is 2.27. The number of benzene rings is 2. The van der Waals surface area contributed by atoms with E-state index in [1.54, 1.807) is 6.07 Å². The van der Waals surface area contributed by atoms with Crippen LogP contribution in [0.5, 0.6) is 11.5 Å². The molecule has 1 aliphatic carbocycles. The van der Waals surface area contributed by atoms with Gasteiger partial charge < -0.3 is 9.84 Å². The quantitative estimate of drug-likeness (QED) is 0.874. The van der Waals surface area contributed by atoms with Gasteiger partial charge in [-0.05, 0) is 30.3 Å². The minimum Gasteiger partial charge on any atom is -0.456 e. The molecule has 2 aromatic rings. The van der Waals surface area contributed by atoms with Crippen molar-refractivity contribution in [2.75, 3.05) is 6.18 Å². The molecule has 0 saturated heterocycles. The van der Waals surface area contributed by atoms with Crippen molar-refractivity contribution in [3.63, 3.8) is 0 Å². The molecule has 0 radical (unpaired) electrons. The van der Waals surface area contributed by atoms with Crippen molar-refractivity contribution >= 4 is 9.84 Å². The van der Waals surface area contributed by atoms with Gasteiger partial charge >= 0.3 is 0 Å². The van der Waals surface area contributed by atoms with Crippen LogP contribution in [0, 0.1) is 17.1 Å². The molecule has 5 nitrogen and oxygen atoms in total. The third-order valence-corrected chi connectivity index (χ3v) is 4.70. The number of fused-ring (bicyclic) bond motifs is 1. The van der Waals surface area contributed by atoms with Gasteiger partial charge in [0.05, 0.1) is 11.8 Å². The van der Waals surface area contributed by atoms with Gasteiger partial charge in [0.2, 0.25) is 0 Å². The van der Waals surface area contributed by atoms with Crippen LogP contribution in [0.3, 0.4) is 0 Å². The molecule has 1 N–H and O–H groups in total. The van der Waals surface area contributed by atoms with E-state index in [0.29, 0.717) is 6.07 Å². The number of halogens is 3. The Morgan fingerprint density at radius 3 is 2.73 bits per heavy atom. The van der Waals surface area contributed by atoms with E-state index < -0.39 is 62.0 Å². The van der Waals surface area contributed by atoms with Crippen LogP contribution in [0.25, 0.3) is 0 Å². The lowest BCUT2D eigenvalue weighted by Crippen LogP contribution is -2.22. The zero-order valence-electron chi connectivity index (χ0n) is 16.8. The summed E-state index contributed by atoms with van der Waals surface area (Å²) in [5.74, 6) is -5.64. The highest BCUT2D eigenvalue weighted by molar-refractivity contribution is 7.90. The Hall–Kier alpha value is -2.57. The van der Waals surface area contributed by atoms with Crippen molar-refractivity contribution in [3.05, 3.63) is 52.8 Å². The SMILES string of the molecule is [2H]C1(O)c2c(S(=O)(=O)C([2H])([2H])[2H])ccc(Oc3ccc(F)cc3C#N)c2CC1(F)F. The molecule has 1 atom stereocenters. The summed E-state index contributed by atoms with van der Waals surface area (Å²) in [6.45, 7) is 0. The van der Waals surface area contributed by atoms with Crippen LogP contribution in [0.2, 0.25) is 0 Å². The van der Waals surface area contributed by atoms with Gasteiger partial charge in [0.15, 0.2) is 9.84 Å². The largest absolute Gasteiger partial charge is 0.456 e. The maximum atomic E-state index is 14.4. The Morgan fingerprint density at radius 1 is 1.38 bits per heavy atom. The van der Waals surface area contributed by atoms with Crippen LogP contribution < -0.4 is 4.74 Å². The third-order valence-electron chi connectivity index (χ3n) is 3.79. The first-order valence-corrected chi connectivity index (χ1v) is 8.50. The van der Waals surface area contributed by atoms with E-state index in [-0.39, 0.29) is 11.3 Å². The summed E-state index contributed by atoms with van der Waals surface area (Å²) in [5.41, 5.74) is -2.04. The van der Waals surface area contributed by atoms with Crippen LogP contribution in [-0.4, -0.2) is 25.6 Å². The number of nitriles is 1. The first-order chi connectivity index (χ1) is 13.6. The normalized spacial score (nSPS) is 23.8. The topological polar surface area (TPSA) is 87.4 Å². The molecule has 0 heterocycles. The average Bonchev–Trinajstić information content (AvgIpc) is 2.81. The number of aliphatic hydroxyl groups is 1. The second-order valence-electron chi connectivity index (χ2n) is 5.50. The molecular weight excluding hydrogens is 371 g/mol. The summed E-state index contributed by atoms with van der Waals surface area (Å²) >= 11 is 0. The van der Waals surface area contributed by atoms with Gasteiger partial charge in [-0.25, -0.2) is 21.6 Å². The number of ether oxygens (including phenoxy) is 1. The number of sulfone groups is 1. The van der Waals surface area contributed by atoms with Crippen molar-refractivity contribution in [3.8, 4) is 17.6 Å². The summed E-state index contributed by atoms with van der Waals surface area (Å²) in [7, 11) is -5.20. The van der Waals surface area contributed by atoms with Crippen molar-refractivity contribution in [1.82, 2.24) is 0 Å². The van der Waals surface area contributed by atoms with E-state index in [2.05, 4.69) is 0 Å². The summed E-state index contributed by atoms with van der Waals surface area (Å²) in [6, 6.07) is 5.93. The molecule has 0 aliphatic heterocycles. The van der Waals surface area contributed by atoms with E-state index in [1.807, 2.05) is 0 Å². The lowest BCUT2D eigenvalue weighted by atomic mass is 10.1. The van der Waals surface area contributed by atoms with E-state index >= 15 is 0 Å². The van der Waals surface area contributed by atoms with Crippen LogP contribution in [0.1, 0.15) is 28.3 Å². The van der Waals surface area contributed by atoms with Gasteiger partial charge in [0, 0.05) is 27.8 Å². The highest BCUT2D eigenvalue weighted by atomic mass is 32.2. The minimum absolute atomic E-state index is 0.253. The molecule has 1 aliphatic rings. The van der Waals surface area contributed by atoms with Gasteiger partial charge in [0.1, 0.15) is 29.5 Å². The fraction of sp³-hybridized carbons (Fsp3) is 0.235. The molecule has 3 rings (SSSR count). The van der Waals surface area contributed by atoms with Crippen LogP contribution in [0.4, 0.5) is 13.2 Å². The maximum Gasteiger partial charge on any atom is 0.281 e. The predicted octanol–water partition coefficient (Wildman–Crippen LogP) is 3.12. The molecule has 0 bridgehead atoms. The summed E-state index contributed by atoms with van der Waals surface area (Å²) in [6.07, 6.45) is -8.72.